The van der Waals surface area contributed by atoms with Gasteiger partial charge in [-0.15, -0.1) is 0 Å². The lowest BCUT2D eigenvalue weighted by Crippen LogP contribution is -2.39. The second kappa shape index (κ2) is 7.74. The molecule has 0 spiro atoms. The Morgan fingerprint density at radius 1 is 1.11 bits per heavy atom. The summed E-state index contributed by atoms with van der Waals surface area (Å²) in [5.74, 6) is -1.30. The van der Waals surface area contributed by atoms with Gasteiger partial charge in [0, 0.05) is 12.2 Å². The zero-order chi connectivity index (χ0) is 15.1. The predicted octanol–water partition coefficient (Wildman–Crippen LogP) is 1.61. The van der Waals surface area contributed by atoms with E-state index < -0.39 is 30.8 Å². The van der Waals surface area contributed by atoms with Gasteiger partial charge in [-0.25, -0.2) is 9.59 Å². The Bertz CT molecular complexity index is 340. The molecule has 5 nitrogen and oxygen atoms in total. The van der Waals surface area contributed by atoms with E-state index in [0.29, 0.717) is 6.42 Å². The third kappa shape index (κ3) is 7.41. The number of rotatable bonds is 7. The molecule has 2 atom stereocenters. The fourth-order valence-corrected chi connectivity index (χ4v) is 1.48. The van der Waals surface area contributed by atoms with E-state index in [4.69, 9.17) is 9.47 Å². The van der Waals surface area contributed by atoms with Crippen molar-refractivity contribution >= 4 is 11.9 Å². The topological polar surface area (TPSA) is 72.8 Å². The third-order valence-corrected chi connectivity index (χ3v) is 2.28. The van der Waals surface area contributed by atoms with Crippen LogP contribution in [-0.2, 0) is 19.1 Å². The van der Waals surface area contributed by atoms with Gasteiger partial charge in [0.15, 0.2) is 6.10 Å². The molecule has 0 aromatic rings. The Morgan fingerprint density at radius 3 is 1.84 bits per heavy atom. The molecule has 0 aromatic carbocycles. The first-order valence-corrected chi connectivity index (χ1v) is 6.00. The SMILES string of the molecule is C=CC(=O)OC(CO)C(CC(C)(C)C)OC(=O)C=C. The molecule has 2 unspecified atom stereocenters. The number of carbonyl (C=O) groups excluding carboxylic acids is 2. The molecule has 5 heteroatoms. The van der Waals surface area contributed by atoms with Gasteiger partial charge in [0.25, 0.3) is 0 Å². The van der Waals surface area contributed by atoms with Gasteiger partial charge in [-0.1, -0.05) is 33.9 Å². The Morgan fingerprint density at radius 2 is 1.53 bits per heavy atom. The van der Waals surface area contributed by atoms with Crippen LogP contribution < -0.4 is 0 Å². The molecule has 0 aliphatic heterocycles. The van der Waals surface area contributed by atoms with Crippen molar-refractivity contribution in [2.75, 3.05) is 6.61 Å². The molecule has 0 radical (unpaired) electrons. The number of aliphatic hydroxyl groups is 1. The van der Waals surface area contributed by atoms with Crippen molar-refractivity contribution in [2.24, 2.45) is 5.41 Å². The van der Waals surface area contributed by atoms with Gasteiger partial charge in [0.1, 0.15) is 6.10 Å². The van der Waals surface area contributed by atoms with Crippen LogP contribution in [0.25, 0.3) is 0 Å². The van der Waals surface area contributed by atoms with E-state index in [9.17, 15) is 14.7 Å². The van der Waals surface area contributed by atoms with E-state index in [2.05, 4.69) is 13.2 Å². The van der Waals surface area contributed by atoms with Crippen LogP contribution in [0.1, 0.15) is 27.2 Å². The summed E-state index contributed by atoms with van der Waals surface area (Å²) in [7, 11) is 0. The molecule has 19 heavy (non-hydrogen) atoms. The van der Waals surface area contributed by atoms with E-state index in [1.165, 1.54) is 0 Å². The number of hydrogen-bond donors (Lipinski definition) is 1. The third-order valence-electron chi connectivity index (χ3n) is 2.28. The van der Waals surface area contributed by atoms with Crippen molar-refractivity contribution in [2.45, 2.75) is 39.4 Å². The van der Waals surface area contributed by atoms with Crippen LogP contribution in [0.4, 0.5) is 0 Å². The van der Waals surface area contributed by atoms with Gasteiger partial charge in [0.05, 0.1) is 6.61 Å². The van der Waals surface area contributed by atoms with Gasteiger partial charge in [-0.2, -0.15) is 0 Å². The first-order valence-electron chi connectivity index (χ1n) is 6.00. The minimum absolute atomic E-state index is 0.167. The summed E-state index contributed by atoms with van der Waals surface area (Å²) in [4.78, 5) is 22.5. The quantitative estimate of drug-likeness (QED) is 0.562. The maximum atomic E-state index is 11.3. The fraction of sp³-hybridized carbons (Fsp3) is 0.571. The zero-order valence-corrected chi connectivity index (χ0v) is 11.7. The molecular weight excluding hydrogens is 248 g/mol. The molecule has 0 aliphatic rings. The summed E-state index contributed by atoms with van der Waals surface area (Å²) >= 11 is 0. The molecule has 1 N–H and O–H groups in total. The average molecular weight is 270 g/mol. The second-order valence-corrected chi connectivity index (χ2v) is 5.31. The highest BCUT2D eigenvalue weighted by Gasteiger charge is 2.31. The maximum Gasteiger partial charge on any atom is 0.330 e. The minimum Gasteiger partial charge on any atom is -0.455 e. The van der Waals surface area contributed by atoms with Gasteiger partial charge >= 0.3 is 11.9 Å². The summed E-state index contributed by atoms with van der Waals surface area (Å²) in [6.07, 6.45) is 0.793. The summed E-state index contributed by atoms with van der Waals surface area (Å²) in [5.41, 5.74) is -0.167. The first kappa shape index (κ1) is 17.4. The van der Waals surface area contributed by atoms with Crippen LogP contribution in [0, 0.1) is 5.41 Å². The molecule has 0 amide bonds. The number of aliphatic hydroxyl groups excluding tert-OH is 1. The molecular formula is C14H22O5. The van der Waals surface area contributed by atoms with Crippen molar-refractivity contribution in [1.29, 1.82) is 0 Å². The van der Waals surface area contributed by atoms with Gasteiger partial charge in [-0.05, 0) is 11.8 Å². The van der Waals surface area contributed by atoms with Gasteiger partial charge in [0.2, 0.25) is 0 Å². The highest BCUT2D eigenvalue weighted by Crippen LogP contribution is 2.25. The van der Waals surface area contributed by atoms with Crippen LogP contribution in [0.3, 0.4) is 0 Å². The average Bonchev–Trinajstić information content (AvgIpc) is 2.32. The van der Waals surface area contributed by atoms with Crippen LogP contribution in [0.5, 0.6) is 0 Å². The Balaban J connectivity index is 4.94. The normalized spacial score (nSPS) is 14.1. The zero-order valence-electron chi connectivity index (χ0n) is 11.7. The molecule has 0 aromatic heterocycles. The molecule has 0 fully saturated rings. The molecule has 0 rings (SSSR count). The Kier molecular flexibility index (Phi) is 7.08. The van der Waals surface area contributed by atoms with Crippen molar-refractivity contribution in [3.05, 3.63) is 25.3 Å². The van der Waals surface area contributed by atoms with Crippen molar-refractivity contribution in [3.63, 3.8) is 0 Å². The smallest absolute Gasteiger partial charge is 0.330 e. The number of ether oxygens (including phenoxy) is 2. The summed E-state index contributed by atoms with van der Waals surface area (Å²) in [6, 6.07) is 0. The summed E-state index contributed by atoms with van der Waals surface area (Å²) < 4.78 is 10.1. The van der Waals surface area contributed by atoms with E-state index in [-0.39, 0.29) is 5.41 Å². The number of esters is 2. The molecule has 0 aliphatic carbocycles. The molecule has 0 saturated heterocycles. The molecule has 108 valence electrons. The molecule has 0 heterocycles. The second-order valence-electron chi connectivity index (χ2n) is 5.31. The lowest BCUT2D eigenvalue weighted by molar-refractivity contribution is -0.167. The fourth-order valence-electron chi connectivity index (χ4n) is 1.48. The molecule has 0 saturated carbocycles. The standard InChI is InChI=1S/C14H22O5/c1-6-12(16)18-10(8-14(3,4)5)11(9-15)19-13(17)7-2/h6-7,10-11,15H,1-2,8-9H2,3-5H3. The summed E-state index contributed by atoms with van der Waals surface area (Å²) in [6.45, 7) is 12.0. The highest BCUT2D eigenvalue weighted by molar-refractivity contribution is 5.82. The van der Waals surface area contributed by atoms with Crippen molar-refractivity contribution in [1.82, 2.24) is 0 Å². The lowest BCUT2D eigenvalue weighted by Gasteiger charge is -2.30. The Hall–Kier alpha value is -1.62. The minimum atomic E-state index is -0.923. The number of hydrogen-bond acceptors (Lipinski definition) is 5. The highest BCUT2D eigenvalue weighted by atomic mass is 16.6. The van der Waals surface area contributed by atoms with Crippen LogP contribution in [0.2, 0.25) is 0 Å². The van der Waals surface area contributed by atoms with Gasteiger partial charge < -0.3 is 14.6 Å². The monoisotopic (exact) mass is 270 g/mol. The summed E-state index contributed by atoms with van der Waals surface area (Å²) in [5, 5.41) is 9.29. The van der Waals surface area contributed by atoms with Crippen LogP contribution >= 0.6 is 0 Å². The predicted molar refractivity (Wildman–Crippen MR) is 71.3 cm³/mol. The van der Waals surface area contributed by atoms with Gasteiger partial charge in [-0.3, -0.25) is 0 Å². The van der Waals surface area contributed by atoms with E-state index >= 15 is 0 Å². The largest absolute Gasteiger partial charge is 0.455 e. The van der Waals surface area contributed by atoms with Crippen molar-refractivity contribution in [3.8, 4) is 0 Å². The first-order chi connectivity index (χ1) is 8.73. The molecule has 0 bridgehead atoms. The van der Waals surface area contributed by atoms with Crippen molar-refractivity contribution < 1.29 is 24.2 Å². The maximum absolute atomic E-state index is 11.3. The lowest BCUT2D eigenvalue weighted by atomic mass is 9.87. The van der Waals surface area contributed by atoms with E-state index in [0.717, 1.165) is 12.2 Å². The van der Waals surface area contributed by atoms with Crippen LogP contribution in [0.15, 0.2) is 25.3 Å². The van der Waals surface area contributed by atoms with Crippen LogP contribution in [-0.4, -0.2) is 35.9 Å². The number of carbonyl (C=O) groups is 2. The van der Waals surface area contributed by atoms with E-state index in [1.807, 2.05) is 20.8 Å². The van der Waals surface area contributed by atoms with E-state index in [1.54, 1.807) is 0 Å². The Labute approximate surface area is 113 Å².